The van der Waals surface area contributed by atoms with Gasteiger partial charge in [0, 0.05) is 17.1 Å². The Balaban J connectivity index is 1.65. The van der Waals surface area contributed by atoms with Gasteiger partial charge in [-0.3, -0.25) is 9.36 Å². The number of aromatic nitrogens is 2. The third kappa shape index (κ3) is 3.87. The summed E-state index contributed by atoms with van der Waals surface area (Å²) in [4.78, 5) is 19.2. The Morgan fingerprint density at radius 3 is 2.58 bits per heavy atom. The monoisotopic (exact) mass is 391 g/mol. The molecule has 0 radical (unpaired) electrons. The minimum absolute atomic E-state index is 0.0494. The molecule has 0 spiro atoms. The van der Waals surface area contributed by atoms with E-state index >= 15 is 0 Å². The first-order chi connectivity index (χ1) is 11.5. The van der Waals surface area contributed by atoms with Crippen LogP contribution in [0.25, 0.3) is 0 Å². The van der Waals surface area contributed by atoms with Crippen LogP contribution in [0, 0.1) is 5.92 Å². The Kier molecular flexibility index (Phi) is 5.36. The Bertz CT molecular complexity index is 704. The highest BCUT2D eigenvalue weighted by Gasteiger charge is 2.20. The molecule has 1 aliphatic rings. The molecule has 1 saturated heterocycles. The van der Waals surface area contributed by atoms with Crippen LogP contribution in [0.15, 0.2) is 34.9 Å². The minimum Gasteiger partial charge on any atom is -0.464 e. The molecule has 1 fully saturated rings. The lowest BCUT2D eigenvalue weighted by atomic mass is 9.98. The molecular formula is C18H22BrN3O2. The van der Waals surface area contributed by atoms with Crippen LogP contribution in [-0.2, 0) is 7.05 Å². The second-order valence-electron chi connectivity index (χ2n) is 6.38. The van der Waals surface area contributed by atoms with Gasteiger partial charge in [0.05, 0.1) is 12.8 Å². The molecule has 2 aromatic rings. The van der Waals surface area contributed by atoms with Crippen LogP contribution < -0.4 is 4.74 Å². The topological polar surface area (TPSA) is 47.4 Å². The first-order valence-corrected chi connectivity index (χ1v) is 8.97. The molecule has 0 N–H and O–H groups in total. The average Bonchev–Trinajstić information content (AvgIpc) is 2.95. The molecule has 6 heteroatoms. The molecule has 128 valence electrons. The Hall–Kier alpha value is -1.66. The third-order valence-corrected chi connectivity index (χ3v) is 5.10. The fourth-order valence-electron chi connectivity index (χ4n) is 2.91. The van der Waals surface area contributed by atoms with Gasteiger partial charge in [-0.05, 0) is 63.2 Å². The normalized spacial score (nSPS) is 16.3. The van der Waals surface area contributed by atoms with Crippen molar-refractivity contribution in [3.05, 3.63) is 46.2 Å². The molecule has 2 heterocycles. The lowest BCUT2D eigenvalue weighted by molar-refractivity contribution is 0.102. The van der Waals surface area contributed by atoms with E-state index in [1.54, 1.807) is 22.9 Å². The predicted molar refractivity (Wildman–Crippen MR) is 96.5 cm³/mol. The summed E-state index contributed by atoms with van der Waals surface area (Å²) in [6.45, 7) is 2.88. The molecule has 0 atom stereocenters. The van der Waals surface area contributed by atoms with E-state index in [1.165, 1.54) is 0 Å². The van der Waals surface area contributed by atoms with Crippen molar-refractivity contribution in [3.63, 3.8) is 0 Å². The Labute approximate surface area is 150 Å². The fraction of sp³-hybridized carbons (Fsp3) is 0.444. The number of piperidine rings is 1. The molecule has 0 aliphatic carbocycles. The zero-order chi connectivity index (χ0) is 17.1. The smallest absolute Gasteiger partial charge is 0.296 e. The third-order valence-electron chi connectivity index (χ3n) is 4.57. The molecular weight excluding hydrogens is 370 g/mol. The summed E-state index contributed by atoms with van der Waals surface area (Å²) in [5.74, 6) is 0.509. The SMILES string of the molecule is CN1CCC(COc2ncc(C(=O)c3ccc(Br)cc3)n2C)CC1. The molecule has 1 aliphatic heterocycles. The van der Waals surface area contributed by atoms with Crippen molar-refractivity contribution in [2.45, 2.75) is 12.8 Å². The number of halogens is 1. The van der Waals surface area contributed by atoms with E-state index in [9.17, 15) is 4.79 Å². The number of ketones is 1. The van der Waals surface area contributed by atoms with Gasteiger partial charge in [0.25, 0.3) is 6.01 Å². The lowest BCUT2D eigenvalue weighted by Gasteiger charge is -2.28. The number of hydrogen-bond donors (Lipinski definition) is 0. The number of rotatable bonds is 5. The van der Waals surface area contributed by atoms with E-state index < -0.39 is 0 Å². The van der Waals surface area contributed by atoms with Crippen molar-refractivity contribution < 1.29 is 9.53 Å². The summed E-state index contributed by atoms with van der Waals surface area (Å²) in [6.07, 6.45) is 3.88. The zero-order valence-corrected chi connectivity index (χ0v) is 15.6. The predicted octanol–water partition coefficient (Wildman–Crippen LogP) is 3.13. The van der Waals surface area contributed by atoms with E-state index in [0.29, 0.717) is 29.8 Å². The highest BCUT2D eigenvalue weighted by molar-refractivity contribution is 9.10. The van der Waals surface area contributed by atoms with E-state index in [2.05, 4.69) is 32.9 Å². The van der Waals surface area contributed by atoms with E-state index in [1.807, 2.05) is 19.2 Å². The van der Waals surface area contributed by atoms with Crippen LogP contribution in [0.4, 0.5) is 0 Å². The van der Waals surface area contributed by atoms with Gasteiger partial charge in [-0.25, -0.2) is 4.98 Å². The molecule has 0 saturated carbocycles. The van der Waals surface area contributed by atoms with Crippen molar-refractivity contribution in [1.29, 1.82) is 0 Å². The molecule has 0 amide bonds. The highest BCUT2D eigenvalue weighted by atomic mass is 79.9. The zero-order valence-electron chi connectivity index (χ0n) is 14.0. The number of ether oxygens (including phenoxy) is 1. The van der Waals surface area contributed by atoms with E-state index in [0.717, 1.165) is 30.4 Å². The first-order valence-electron chi connectivity index (χ1n) is 8.18. The Morgan fingerprint density at radius 2 is 1.92 bits per heavy atom. The van der Waals surface area contributed by atoms with Crippen LogP contribution in [0.1, 0.15) is 28.9 Å². The van der Waals surface area contributed by atoms with Gasteiger partial charge in [0.1, 0.15) is 5.69 Å². The van der Waals surface area contributed by atoms with Gasteiger partial charge in [0.2, 0.25) is 5.78 Å². The molecule has 3 rings (SSSR count). The van der Waals surface area contributed by atoms with Crippen LogP contribution >= 0.6 is 15.9 Å². The summed E-state index contributed by atoms with van der Waals surface area (Å²) in [5, 5.41) is 0. The highest BCUT2D eigenvalue weighted by Crippen LogP contribution is 2.20. The largest absolute Gasteiger partial charge is 0.464 e. The number of benzene rings is 1. The molecule has 0 unspecified atom stereocenters. The number of nitrogens with zero attached hydrogens (tertiary/aromatic N) is 3. The van der Waals surface area contributed by atoms with E-state index in [-0.39, 0.29) is 5.78 Å². The maximum absolute atomic E-state index is 12.6. The van der Waals surface area contributed by atoms with Crippen LogP contribution in [0.5, 0.6) is 6.01 Å². The first kappa shape index (κ1) is 17.2. The number of imidazole rings is 1. The number of likely N-dealkylation sites (tertiary alicyclic amines) is 1. The summed E-state index contributed by atoms with van der Waals surface area (Å²) < 4.78 is 8.56. The molecule has 1 aromatic heterocycles. The van der Waals surface area contributed by atoms with Crippen molar-refractivity contribution >= 4 is 21.7 Å². The standard InChI is InChI=1S/C18H22BrN3O2/c1-21-9-7-13(8-10-21)12-24-18-20-11-16(22(18)2)17(23)14-3-5-15(19)6-4-14/h3-6,11,13H,7-10,12H2,1-2H3. The van der Waals surface area contributed by atoms with Gasteiger partial charge < -0.3 is 9.64 Å². The maximum atomic E-state index is 12.6. The second-order valence-corrected chi connectivity index (χ2v) is 7.29. The molecule has 5 nitrogen and oxygen atoms in total. The van der Waals surface area contributed by atoms with Crippen molar-refractivity contribution in [3.8, 4) is 6.01 Å². The van der Waals surface area contributed by atoms with Crippen molar-refractivity contribution in [1.82, 2.24) is 14.5 Å². The second kappa shape index (κ2) is 7.49. The summed E-state index contributed by atoms with van der Waals surface area (Å²) in [6, 6.07) is 7.84. The quantitative estimate of drug-likeness (QED) is 0.734. The molecule has 1 aromatic carbocycles. The van der Waals surface area contributed by atoms with Gasteiger partial charge in [0.15, 0.2) is 0 Å². The Morgan fingerprint density at radius 1 is 1.25 bits per heavy atom. The van der Waals surface area contributed by atoms with Crippen molar-refractivity contribution in [2.75, 3.05) is 26.7 Å². The van der Waals surface area contributed by atoms with Gasteiger partial charge in [-0.2, -0.15) is 0 Å². The fourth-order valence-corrected chi connectivity index (χ4v) is 3.17. The summed E-state index contributed by atoms with van der Waals surface area (Å²) >= 11 is 3.38. The van der Waals surface area contributed by atoms with Gasteiger partial charge >= 0.3 is 0 Å². The van der Waals surface area contributed by atoms with Gasteiger partial charge in [-0.15, -0.1) is 0 Å². The minimum atomic E-state index is -0.0494. The van der Waals surface area contributed by atoms with Crippen LogP contribution in [-0.4, -0.2) is 47.0 Å². The van der Waals surface area contributed by atoms with E-state index in [4.69, 9.17) is 4.74 Å². The number of carbonyl (C=O) groups excluding carboxylic acids is 1. The summed E-state index contributed by atoms with van der Waals surface area (Å²) in [5.41, 5.74) is 1.18. The lowest BCUT2D eigenvalue weighted by Crippen LogP contribution is -2.32. The summed E-state index contributed by atoms with van der Waals surface area (Å²) in [7, 11) is 3.97. The number of carbonyl (C=O) groups is 1. The maximum Gasteiger partial charge on any atom is 0.296 e. The molecule has 0 bridgehead atoms. The average molecular weight is 392 g/mol. The van der Waals surface area contributed by atoms with Crippen LogP contribution in [0.2, 0.25) is 0 Å². The van der Waals surface area contributed by atoms with Gasteiger partial charge in [-0.1, -0.05) is 15.9 Å². The van der Waals surface area contributed by atoms with Crippen molar-refractivity contribution in [2.24, 2.45) is 13.0 Å². The number of hydrogen-bond acceptors (Lipinski definition) is 4. The van der Waals surface area contributed by atoms with Crippen LogP contribution in [0.3, 0.4) is 0 Å². The molecule has 24 heavy (non-hydrogen) atoms.